The zero-order valence-electron chi connectivity index (χ0n) is 15.3. The minimum atomic E-state index is -0.418. The topological polar surface area (TPSA) is 55.4 Å². The molecule has 25 heavy (non-hydrogen) atoms. The molecule has 3 rings (SSSR count). The van der Waals surface area contributed by atoms with Crippen molar-refractivity contribution in [1.29, 1.82) is 0 Å². The van der Waals surface area contributed by atoms with Crippen LogP contribution in [0.1, 0.15) is 52.0 Å². The molecule has 1 aromatic rings. The van der Waals surface area contributed by atoms with Gasteiger partial charge in [0.15, 0.2) is 5.78 Å². The number of dihydropyridines is 1. The molecule has 0 amide bonds. The van der Waals surface area contributed by atoms with Gasteiger partial charge in [-0.2, -0.15) is 0 Å². The molecule has 0 aromatic heterocycles. The van der Waals surface area contributed by atoms with E-state index >= 15 is 0 Å². The summed E-state index contributed by atoms with van der Waals surface area (Å²) in [6.07, 6.45) is 1.62. The molecule has 2 aliphatic rings. The smallest absolute Gasteiger partial charge is 0.336 e. The van der Waals surface area contributed by atoms with E-state index in [0.717, 1.165) is 35.4 Å². The second-order valence-corrected chi connectivity index (χ2v) is 7.33. The van der Waals surface area contributed by atoms with Crippen molar-refractivity contribution in [2.45, 2.75) is 46.5 Å². The highest BCUT2D eigenvalue weighted by molar-refractivity contribution is 6.06. The lowest BCUT2D eigenvalue weighted by Gasteiger charge is -2.39. The van der Waals surface area contributed by atoms with Crippen LogP contribution in [0.3, 0.4) is 0 Å². The van der Waals surface area contributed by atoms with Crippen molar-refractivity contribution in [3.05, 3.63) is 58.4 Å². The summed E-state index contributed by atoms with van der Waals surface area (Å²) in [6, 6.07) is 9.76. The Hall–Kier alpha value is -2.36. The van der Waals surface area contributed by atoms with Gasteiger partial charge in [0.1, 0.15) is 0 Å². The van der Waals surface area contributed by atoms with Crippen molar-refractivity contribution in [2.75, 3.05) is 6.61 Å². The van der Waals surface area contributed by atoms with E-state index in [4.69, 9.17) is 4.74 Å². The third-order valence-corrected chi connectivity index (χ3v) is 5.13. The maximum atomic E-state index is 13.2. The number of ether oxygens (including phenoxy) is 1. The van der Waals surface area contributed by atoms with Crippen LogP contribution in [0.25, 0.3) is 0 Å². The van der Waals surface area contributed by atoms with Crippen LogP contribution < -0.4 is 5.32 Å². The molecular formula is C21H25NO3. The number of hydrogen-bond donors (Lipinski definition) is 1. The molecule has 1 atom stereocenters. The van der Waals surface area contributed by atoms with Crippen molar-refractivity contribution in [2.24, 2.45) is 5.41 Å². The Kier molecular flexibility index (Phi) is 4.55. The zero-order valence-corrected chi connectivity index (χ0v) is 15.3. The number of hydrogen-bond acceptors (Lipinski definition) is 4. The van der Waals surface area contributed by atoms with Gasteiger partial charge in [-0.05, 0) is 32.3 Å². The monoisotopic (exact) mass is 339 g/mol. The average Bonchev–Trinajstić information content (AvgIpc) is 2.58. The molecule has 0 radical (unpaired) electrons. The molecule has 0 saturated heterocycles. The first kappa shape index (κ1) is 17.5. The molecular weight excluding hydrogens is 314 g/mol. The summed E-state index contributed by atoms with van der Waals surface area (Å²) in [6.45, 7) is 7.95. The summed E-state index contributed by atoms with van der Waals surface area (Å²) < 4.78 is 5.30. The second-order valence-electron chi connectivity index (χ2n) is 7.33. The largest absolute Gasteiger partial charge is 0.463 e. The normalized spacial score (nSPS) is 22.4. The number of carbonyl (C=O) groups is 2. The van der Waals surface area contributed by atoms with Gasteiger partial charge in [0, 0.05) is 28.3 Å². The SMILES string of the molecule is CCOC(=O)C1=C(C)NC2=C(C(=O)C(C)(C)CC2)C1c1ccccc1. The summed E-state index contributed by atoms with van der Waals surface area (Å²) in [5.74, 6) is -0.614. The Morgan fingerprint density at radius 1 is 1.28 bits per heavy atom. The van der Waals surface area contributed by atoms with Gasteiger partial charge in [-0.25, -0.2) is 4.79 Å². The van der Waals surface area contributed by atoms with Gasteiger partial charge in [0.05, 0.1) is 12.2 Å². The molecule has 1 aliphatic carbocycles. The fraction of sp³-hybridized carbons (Fsp3) is 0.429. The van der Waals surface area contributed by atoms with Crippen LogP contribution in [0.4, 0.5) is 0 Å². The summed E-state index contributed by atoms with van der Waals surface area (Å²) in [4.78, 5) is 25.9. The molecule has 0 spiro atoms. The third-order valence-electron chi connectivity index (χ3n) is 5.13. The van der Waals surface area contributed by atoms with Gasteiger partial charge >= 0.3 is 5.97 Å². The highest BCUT2D eigenvalue weighted by Gasteiger charge is 2.44. The fourth-order valence-electron chi connectivity index (χ4n) is 3.74. The number of nitrogens with one attached hydrogen (secondary N) is 1. The van der Waals surface area contributed by atoms with E-state index < -0.39 is 5.41 Å². The van der Waals surface area contributed by atoms with Crippen LogP contribution in [0.2, 0.25) is 0 Å². The van der Waals surface area contributed by atoms with Crippen LogP contribution in [0.15, 0.2) is 52.9 Å². The Bertz CT molecular complexity index is 772. The molecule has 0 fully saturated rings. The summed E-state index contributed by atoms with van der Waals surface area (Å²) >= 11 is 0. The number of allylic oxidation sites excluding steroid dienone is 3. The van der Waals surface area contributed by atoms with E-state index in [9.17, 15) is 9.59 Å². The molecule has 132 valence electrons. The van der Waals surface area contributed by atoms with Crippen molar-refractivity contribution >= 4 is 11.8 Å². The van der Waals surface area contributed by atoms with E-state index in [1.54, 1.807) is 6.92 Å². The van der Waals surface area contributed by atoms with Crippen molar-refractivity contribution in [3.63, 3.8) is 0 Å². The third kappa shape index (κ3) is 3.01. The number of Topliss-reactive ketones (excluding diaryl/α,β-unsaturated/α-hetero) is 1. The van der Waals surface area contributed by atoms with E-state index in [1.165, 1.54) is 0 Å². The van der Waals surface area contributed by atoms with E-state index in [2.05, 4.69) is 5.32 Å². The maximum Gasteiger partial charge on any atom is 0.336 e. The van der Waals surface area contributed by atoms with E-state index in [0.29, 0.717) is 12.2 Å². The van der Waals surface area contributed by atoms with Crippen LogP contribution >= 0.6 is 0 Å². The van der Waals surface area contributed by atoms with Gasteiger partial charge in [-0.1, -0.05) is 44.2 Å². The molecule has 0 bridgehead atoms. The number of benzene rings is 1. The first-order valence-corrected chi connectivity index (χ1v) is 8.84. The fourth-order valence-corrected chi connectivity index (χ4v) is 3.74. The summed E-state index contributed by atoms with van der Waals surface area (Å²) in [5.41, 5.74) is 3.51. The van der Waals surface area contributed by atoms with Crippen molar-refractivity contribution in [3.8, 4) is 0 Å². The number of carbonyl (C=O) groups excluding carboxylic acids is 2. The Morgan fingerprint density at radius 2 is 1.96 bits per heavy atom. The standard InChI is InChI=1S/C21H25NO3/c1-5-25-20(24)16-13(2)22-15-11-12-21(3,4)19(23)18(15)17(16)14-9-7-6-8-10-14/h6-10,17,22H,5,11-12H2,1-4H3. The molecule has 1 aromatic carbocycles. The molecule has 1 aliphatic heterocycles. The van der Waals surface area contributed by atoms with Gasteiger partial charge in [-0.15, -0.1) is 0 Å². The Labute approximate surface area is 149 Å². The van der Waals surface area contributed by atoms with Crippen LogP contribution in [-0.2, 0) is 14.3 Å². The lowest BCUT2D eigenvalue weighted by molar-refractivity contribution is -0.138. The number of esters is 1. The first-order chi connectivity index (χ1) is 11.9. The molecule has 1 heterocycles. The Balaban J connectivity index is 2.18. The number of rotatable bonds is 3. The first-order valence-electron chi connectivity index (χ1n) is 8.84. The lowest BCUT2D eigenvalue weighted by Crippen LogP contribution is -2.40. The predicted octanol–water partition coefficient (Wildman–Crippen LogP) is 3.85. The Morgan fingerprint density at radius 3 is 2.60 bits per heavy atom. The maximum absolute atomic E-state index is 13.2. The molecule has 1 unspecified atom stereocenters. The van der Waals surface area contributed by atoms with Gasteiger partial charge in [0.2, 0.25) is 0 Å². The van der Waals surface area contributed by atoms with Crippen LogP contribution in [0.5, 0.6) is 0 Å². The molecule has 4 nitrogen and oxygen atoms in total. The minimum absolute atomic E-state index is 0.115. The lowest BCUT2D eigenvalue weighted by atomic mass is 9.67. The van der Waals surface area contributed by atoms with Gasteiger partial charge in [0.25, 0.3) is 0 Å². The van der Waals surface area contributed by atoms with Crippen molar-refractivity contribution in [1.82, 2.24) is 5.32 Å². The molecule has 4 heteroatoms. The second kappa shape index (κ2) is 6.51. The summed E-state index contributed by atoms with van der Waals surface area (Å²) in [5, 5.41) is 3.31. The van der Waals surface area contributed by atoms with Crippen LogP contribution in [-0.4, -0.2) is 18.4 Å². The highest BCUT2D eigenvalue weighted by Crippen LogP contribution is 2.46. The van der Waals surface area contributed by atoms with E-state index in [1.807, 2.05) is 51.1 Å². The quantitative estimate of drug-likeness (QED) is 0.850. The highest BCUT2D eigenvalue weighted by atomic mass is 16.5. The van der Waals surface area contributed by atoms with Gasteiger partial charge < -0.3 is 10.1 Å². The molecule has 1 N–H and O–H groups in total. The van der Waals surface area contributed by atoms with E-state index in [-0.39, 0.29) is 17.7 Å². The predicted molar refractivity (Wildman–Crippen MR) is 96.7 cm³/mol. The summed E-state index contributed by atoms with van der Waals surface area (Å²) in [7, 11) is 0. The minimum Gasteiger partial charge on any atom is -0.463 e. The molecule has 0 saturated carbocycles. The van der Waals surface area contributed by atoms with Crippen LogP contribution in [0, 0.1) is 5.41 Å². The van der Waals surface area contributed by atoms with Gasteiger partial charge in [-0.3, -0.25) is 4.79 Å². The van der Waals surface area contributed by atoms with Crippen molar-refractivity contribution < 1.29 is 14.3 Å². The number of ketones is 1. The average molecular weight is 339 g/mol. The zero-order chi connectivity index (χ0) is 18.2.